The Kier molecular flexibility index (Phi) is 4.45. The summed E-state index contributed by atoms with van der Waals surface area (Å²) >= 11 is 14.3. The minimum Gasteiger partial charge on any atom is -0.456 e. The number of hydrogen-bond donors (Lipinski definition) is 1. The zero-order valence-corrected chi connectivity index (χ0v) is 13.3. The zero-order valence-electron chi connectivity index (χ0n) is 10.1. The fourth-order valence-corrected chi connectivity index (χ4v) is 2.29. The van der Waals surface area contributed by atoms with Crippen LogP contribution in [0.25, 0.3) is 0 Å². The maximum absolute atomic E-state index is 5.96. The van der Waals surface area contributed by atoms with Crippen LogP contribution in [0, 0.1) is 6.92 Å². The van der Waals surface area contributed by atoms with Crippen molar-refractivity contribution in [2.75, 3.05) is 0 Å². The van der Waals surface area contributed by atoms with E-state index >= 15 is 0 Å². The second-order valence-electron chi connectivity index (χ2n) is 4.02. The molecular weight excluding hydrogens is 346 g/mol. The molecule has 0 fully saturated rings. The summed E-state index contributed by atoms with van der Waals surface area (Å²) in [4.78, 5) is 0.353. The predicted octanol–water partition coefficient (Wildman–Crippen LogP) is 4.84. The van der Waals surface area contributed by atoms with Gasteiger partial charge in [-0.3, -0.25) is 0 Å². The number of benzene rings is 2. The zero-order chi connectivity index (χ0) is 14.0. The molecular formula is C14H11BrClNOS. The minimum absolute atomic E-state index is 0.353. The Morgan fingerprint density at radius 1 is 1.21 bits per heavy atom. The number of thiocarbonyl (C=S) groups is 1. The number of nitrogens with two attached hydrogens (primary N) is 1. The summed E-state index contributed by atoms with van der Waals surface area (Å²) in [5.74, 6) is 1.40. The lowest BCUT2D eigenvalue weighted by atomic mass is 10.2. The molecule has 0 radical (unpaired) electrons. The summed E-state index contributed by atoms with van der Waals surface area (Å²) in [7, 11) is 0. The van der Waals surface area contributed by atoms with E-state index in [1.54, 1.807) is 6.07 Å². The average molecular weight is 357 g/mol. The first-order valence-electron chi connectivity index (χ1n) is 5.51. The molecule has 0 spiro atoms. The summed E-state index contributed by atoms with van der Waals surface area (Å²) in [5.41, 5.74) is 7.38. The Bertz CT molecular complexity index is 645. The second kappa shape index (κ2) is 5.90. The van der Waals surface area contributed by atoms with Gasteiger partial charge in [-0.15, -0.1) is 0 Å². The van der Waals surface area contributed by atoms with Crippen LogP contribution in [0.3, 0.4) is 0 Å². The van der Waals surface area contributed by atoms with Gasteiger partial charge in [0.1, 0.15) is 16.5 Å². The Morgan fingerprint density at radius 3 is 2.58 bits per heavy atom. The molecule has 0 heterocycles. The average Bonchev–Trinajstić information content (AvgIpc) is 2.36. The Balaban J connectivity index is 2.33. The van der Waals surface area contributed by atoms with Gasteiger partial charge >= 0.3 is 0 Å². The van der Waals surface area contributed by atoms with Gasteiger partial charge in [0.05, 0.1) is 4.47 Å². The molecule has 0 saturated heterocycles. The first-order chi connectivity index (χ1) is 8.97. The molecule has 0 aliphatic carbocycles. The predicted molar refractivity (Wildman–Crippen MR) is 86.3 cm³/mol. The summed E-state index contributed by atoms with van der Waals surface area (Å²) < 4.78 is 6.63. The first-order valence-corrected chi connectivity index (χ1v) is 7.08. The summed E-state index contributed by atoms with van der Waals surface area (Å²) in [6.07, 6.45) is 0. The third-order valence-electron chi connectivity index (χ3n) is 2.59. The van der Waals surface area contributed by atoms with Gasteiger partial charge in [0, 0.05) is 10.6 Å². The van der Waals surface area contributed by atoms with Crippen molar-refractivity contribution >= 4 is 44.7 Å². The van der Waals surface area contributed by atoms with Crippen molar-refractivity contribution in [3.05, 3.63) is 57.0 Å². The van der Waals surface area contributed by atoms with Crippen LogP contribution >= 0.6 is 39.7 Å². The fourth-order valence-electron chi connectivity index (χ4n) is 1.54. The largest absolute Gasteiger partial charge is 0.456 e. The van der Waals surface area contributed by atoms with Crippen LogP contribution in [0.5, 0.6) is 11.5 Å². The van der Waals surface area contributed by atoms with Crippen molar-refractivity contribution in [3.63, 3.8) is 0 Å². The van der Waals surface area contributed by atoms with E-state index in [4.69, 9.17) is 34.3 Å². The van der Waals surface area contributed by atoms with Crippen molar-refractivity contribution in [3.8, 4) is 11.5 Å². The molecule has 0 atom stereocenters. The van der Waals surface area contributed by atoms with Gasteiger partial charge in [0.15, 0.2) is 0 Å². The monoisotopic (exact) mass is 355 g/mol. The van der Waals surface area contributed by atoms with Crippen LogP contribution < -0.4 is 10.5 Å². The molecule has 0 amide bonds. The highest BCUT2D eigenvalue weighted by Gasteiger charge is 2.08. The van der Waals surface area contributed by atoms with E-state index in [-0.39, 0.29) is 0 Å². The summed E-state index contributed by atoms with van der Waals surface area (Å²) in [5, 5.41) is 0.636. The lowest BCUT2D eigenvalue weighted by molar-refractivity contribution is 0.476. The Hall–Kier alpha value is -1.10. The maximum atomic E-state index is 5.96. The molecule has 98 valence electrons. The number of ether oxygens (including phenoxy) is 1. The van der Waals surface area contributed by atoms with Gasteiger partial charge in [-0.2, -0.15) is 0 Å². The van der Waals surface area contributed by atoms with Crippen molar-refractivity contribution in [2.24, 2.45) is 5.73 Å². The van der Waals surface area contributed by atoms with Crippen molar-refractivity contribution in [1.29, 1.82) is 0 Å². The van der Waals surface area contributed by atoms with Crippen molar-refractivity contribution < 1.29 is 4.74 Å². The third kappa shape index (κ3) is 3.47. The quantitative estimate of drug-likeness (QED) is 0.799. The molecule has 5 heteroatoms. The summed E-state index contributed by atoms with van der Waals surface area (Å²) in [6, 6.07) is 11.0. The number of rotatable bonds is 3. The maximum Gasteiger partial charge on any atom is 0.141 e. The lowest BCUT2D eigenvalue weighted by Gasteiger charge is -2.11. The van der Waals surface area contributed by atoms with E-state index < -0.39 is 0 Å². The van der Waals surface area contributed by atoms with Crippen LogP contribution in [0.1, 0.15) is 11.1 Å². The van der Waals surface area contributed by atoms with E-state index in [0.717, 1.165) is 21.3 Å². The van der Waals surface area contributed by atoms with Gasteiger partial charge in [0.25, 0.3) is 0 Å². The minimum atomic E-state index is 0.353. The molecule has 2 aromatic carbocycles. The van der Waals surface area contributed by atoms with Gasteiger partial charge in [-0.1, -0.05) is 29.9 Å². The number of aryl methyl sites for hydroxylation is 1. The SMILES string of the molecule is Cc1ccc(Cl)cc1Oc1ccc(C(N)=S)cc1Br. The topological polar surface area (TPSA) is 35.2 Å². The lowest BCUT2D eigenvalue weighted by Crippen LogP contribution is -2.09. The highest BCUT2D eigenvalue weighted by molar-refractivity contribution is 9.10. The van der Waals surface area contributed by atoms with Crippen LogP contribution in [0.2, 0.25) is 5.02 Å². The van der Waals surface area contributed by atoms with E-state index in [9.17, 15) is 0 Å². The van der Waals surface area contributed by atoms with Gasteiger partial charge in [-0.25, -0.2) is 0 Å². The summed E-state index contributed by atoms with van der Waals surface area (Å²) in [6.45, 7) is 1.96. The molecule has 2 aromatic rings. The van der Waals surface area contributed by atoms with Crippen LogP contribution in [0.15, 0.2) is 40.9 Å². The van der Waals surface area contributed by atoms with Crippen LogP contribution in [-0.2, 0) is 0 Å². The second-order valence-corrected chi connectivity index (χ2v) is 5.75. The van der Waals surface area contributed by atoms with Gasteiger partial charge in [-0.05, 0) is 58.7 Å². The molecule has 0 unspecified atom stereocenters. The highest BCUT2D eigenvalue weighted by Crippen LogP contribution is 2.33. The van der Waals surface area contributed by atoms with Gasteiger partial charge in [0.2, 0.25) is 0 Å². The highest BCUT2D eigenvalue weighted by atomic mass is 79.9. The first kappa shape index (κ1) is 14.3. The molecule has 2 nitrogen and oxygen atoms in total. The van der Waals surface area contributed by atoms with E-state index in [2.05, 4.69) is 15.9 Å². The van der Waals surface area contributed by atoms with E-state index in [1.807, 2.05) is 37.3 Å². The number of halogens is 2. The Morgan fingerprint density at radius 2 is 1.95 bits per heavy atom. The van der Waals surface area contributed by atoms with Crippen molar-refractivity contribution in [2.45, 2.75) is 6.92 Å². The van der Waals surface area contributed by atoms with Crippen LogP contribution in [-0.4, -0.2) is 4.99 Å². The fraction of sp³-hybridized carbons (Fsp3) is 0.0714. The molecule has 0 bridgehead atoms. The molecule has 2 N–H and O–H groups in total. The van der Waals surface area contributed by atoms with Gasteiger partial charge < -0.3 is 10.5 Å². The normalized spacial score (nSPS) is 10.3. The van der Waals surface area contributed by atoms with Crippen molar-refractivity contribution in [1.82, 2.24) is 0 Å². The molecule has 0 saturated carbocycles. The molecule has 0 aliphatic heterocycles. The van der Waals surface area contributed by atoms with Crippen LogP contribution in [0.4, 0.5) is 0 Å². The molecule has 0 aromatic heterocycles. The molecule has 19 heavy (non-hydrogen) atoms. The van der Waals surface area contributed by atoms with E-state index in [0.29, 0.717) is 15.8 Å². The third-order valence-corrected chi connectivity index (χ3v) is 3.68. The standard InChI is InChI=1S/C14H11BrClNOS/c1-8-2-4-10(16)7-13(8)18-12-5-3-9(14(17)19)6-11(12)15/h2-7H,1H3,(H2,17,19). The Labute approximate surface area is 130 Å². The molecule has 0 aliphatic rings. The smallest absolute Gasteiger partial charge is 0.141 e. The number of hydrogen-bond acceptors (Lipinski definition) is 2. The van der Waals surface area contributed by atoms with E-state index in [1.165, 1.54) is 0 Å². The molecule has 2 rings (SSSR count).